The van der Waals surface area contributed by atoms with Crippen molar-refractivity contribution in [1.29, 1.82) is 0 Å². The van der Waals surface area contributed by atoms with Crippen LogP contribution in [0.2, 0.25) is 0 Å². The van der Waals surface area contributed by atoms with Gasteiger partial charge in [0.1, 0.15) is 12.4 Å². The van der Waals surface area contributed by atoms with Gasteiger partial charge in [-0.05, 0) is 36.5 Å². The molecule has 1 aliphatic carbocycles. The summed E-state index contributed by atoms with van der Waals surface area (Å²) in [5.74, 6) is -3.92. The number of carbonyl (C=O) groups is 1. The molecule has 0 radical (unpaired) electrons. The van der Waals surface area contributed by atoms with E-state index in [1.165, 1.54) is 6.20 Å². The number of fused-ring (bicyclic) bond motifs is 1. The molecule has 0 bridgehead atoms. The fourth-order valence-electron chi connectivity index (χ4n) is 5.35. The van der Waals surface area contributed by atoms with E-state index in [1.54, 1.807) is 0 Å². The van der Waals surface area contributed by atoms with Gasteiger partial charge in [0.25, 0.3) is 0 Å². The maximum Gasteiger partial charge on any atom is 0.407 e. The van der Waals surface area contributed by atoms with E-state index in [-0.39, 0.29) is 23.4 Å². The molecular formula is C27H27F3N4O4S. The predicted molar refractivity (Wildman–Crippen MR) is 135 cm³/mol. The monoisotopic (exact) mass is 560 g/mol. The molecule has 1 N–H and O–H groups in total. The van der Waals surface area contributed by atoms with Crippen molar-refractivity contribution in [3.8, 4) is 0 Å². The first-order valence-electron chi connectivity index (χ1n) is 12.5. The Labute approximate surface area is 224 Å². The van der Waals surface area contributed by atoms with Crippen molar-refractivity contribution >= 4 is 15.9 Å². The number of halogens is 3. The average molecular weight is 561 g/mol. The Morgan fingerprint density at radius 3 is 2.56 bits per heavy atom. The summed E-state index contributed by atoms with van der Waals surface area (Å²) in [5, 5.41) is 2.59. The Balaban J connectivity index is 1.34. The van der Waals surface area contributed by atoms with E-state index >= 15 is 0 Å². The summed E-state index contributed by atoms with van der Waals surface area (Å²) in [7, 11) is -3.56. The van der Waals surface area contributed by atoms with Gasteiger partial charge in [0, 0.05) is 55.2 Å². The third-order valence-corrected chi connectivity index (χ3v) is 8.14. The lowest BCUT2D eigenvalue weighted by molar-refractivity contribution is 0.107. The third kappa shape index (κ3) is 6.06. The molecule has 3 atom stereocenters. The first-order chi connectivity index (χ1) is 18.6. The van der Waals surface area contributed by atoms with Crippen LogP contribution in [-0.2, 0) is 34.3 Å². The number of alkyl carbamates (subject to hydrolysis) is 1. The summed E-state index contributed by atoms with van der Waals surface area (Å²) in [6.07, 6.45) is 3.21. The zero-order chi connectivity index (χ0) is 27.7. The van der Waals surface area contributed by atoms with Crippen molar-refractivity contribution < 1.29 is 31.1 Å². The van der Waals surface area contributed by atoms with E-state index in [9.17, 15) is 26.4 Å². The summed E-state index contributed by atoms with van der Waals surface area (Å²) in [4.78, 5) is 23.1. The lowest BCUT2D eigenvalue weighted by atomic mass is 9.77. The molecule has 8 nitrogen and oxygen atoms in total. The van der Waals surface area contributed by atoms with Crippen molar-refractivity contribution in [1.82, 2.24) is 20.2 Å². The van der Waals surface area contributed by atoms with Gasteiger partial charge in [0.05, 0.1) is 5.69 Å². The predicted octanol–water partition coefficient (Wildman–Crippen LogP) is 4.24. The molecule has 2 unspecified atom stereocenters. The van der Waals surface area contributed by atoms with Crippen LogP contribution in [0.4, 0.5) is 18.0 Å². The van der Waals surface area contributed by atoms with Crippen molar-refractivity contribution in [2.24, 2.45) is 0 Å². The third-order valence-electron chi connectivity index (χ3n) is 7.28. The number of hydrogen-bond acceptors (Lipinski definition) is 7. The number of amides is 1. The number of nitrogens with zero attached hydrogens (tertiary/aromatic N) is 3. The normalized spacial score (nSPS) is 21.4. The number of hydrogen-bond donors (Lipinski definition) is 1. The minimum atomic E-state index is -3.56. The van der Waals surface area contributed by atoms with E-state index in [2.05, 4.69) is 20.2 Å². The van der Waals surface area contributed by atoms with E-state index in [0.717, 1.165) is 23.4 Å². The molecule has 206 valence electrons. The molecule has 2 aromatic carbocycles. The van der Waals surface area contributed by atoms with E-state index in [0.29, 0.717) is 44.1 Å². The Hall–Kier alpha value is -3.51. The molecule has 2 aliphatic rings. The summed E-state index contributed by atoms with van der Waals surface area (Å²) >= 11 is 0. The van der Waals surface area contributed by atoms with Crippen LogP contribution < -0.4 is 5.32 Å². The molecule has 1 fully saturated rings. The van der Waals surface area contributed by atoms with E-state index in [1.807, 2.05) is 30.3 Å². The fraction of sp³-hybridized carbons (Fsp3) is 0.370. The Morgan fingerprint density at radius 2 is 1.82 bits per heavy atom. The minimum Gasteiger partial charge on any atom is -0.445 e. The molecule has 1 amide bonds. The summed E-state index contributed by atoms with van der Waals surface area (Å²) in [6.45, 7) is 0.912. The highest BCUT2D eigenvalue weighted by atomic mass is 32.2. The maximum absolute atomic E-state index is 14.8. The molecule has 1 saturated carbocycles. The van der Waals surface area contributed by atoms with Crippen molar-refractivity contribution in [2.75, 3.05) is 6.26 Å². The van der Waals surface area contributed by atoms with Crippen LogP contribution in [0.15, 0.2) is 53.8 Å². The van der Waals surface area contributed by atoms with Crippen LogP contribution in [-0.4, -0.2) is 47.7 Å². The Bertz CT molecular complexity index is 1490. The standard InChI is InChI=1S/C27H27F3N4O4S/c1-39(36,37)26-31-12-17-13-34(14-25(17)32-26)18-7-8-19(20-10-22(29)23(30)11-21(20)28)24(9-18)33-27(35)38-15-16-5-3-2-4-6-16/h2-6,10-12,18-19,24H,7-9,13-15H2,1H3,(H,33,35)/t18?,19-,24?/m1/s1. The molecular weight excluding hydrogens is 533 g/mol. The highest BCUT2D eigenvalue weighted by Crippen LogP contribution is 2.39. The number of rotatable bonds is 6. The number of carbonyl (C=O) groups excluding carboxylic acids is 1. The zero-order valence-corrected chi connectivity index (χ0v) is 21.9. The van der Waals surface area contributed by atoms with Gasteiger partial charge in [-0.1, -0.05) is 30.3 Å². The van der Waals surface area contributed by atoms with Crippen LogP contribution in [0.25, 0.3) is 0 Å². The van der Waals surface area contributed by atoms with Crippen molar-refractivity contribution in [2.45, 2.75) is 62.1 Å². The largest absolute Gasteiger partial charge is 0.445 e. The van der Waals surface area contributed by atoms with Gasteiger partial charge < -0.3 is 10.1 Å². The Morgan fingerprint density at radius 1 is 1.08 bits per heavy atom. The summed E-state index contributed by atoms with van der Waals surface area (Å²) in [5.41, 5.74) is 2.21. The number of aromatic nitrogens is 2. The highest BCUT2D eigenvalue weighted by Gasteiger charge is 2.39. The van der Waals surface area contributed by atoms with E-state index in [4.69, 9.17) is 4.74 Å². The maximum atomic E-state index is 14.8. The van der Waals surface area contributed by atoms with Crippen molar-refractivity contribution in [3.05, 3.63) is 88.5 Å². The summed E-state index contributed by atoms with van der Waals surface area (Å²) < 4.78 is 71.6. The molecule has 1 aliphatic heterocycles. The Kier molecular flexibility index (Phi) is 7.59. The fourth-order valence-corrected chi connectivity index (χ4v) is 5.87. The quantitative estimate of drug-likeness (QED) is 0.355. The second-order valence-corrected chi connectivity index (χ2v) is 11.9. The number of ether oxygens (including phenoxy) is 1. The van der Waals surface area contributed by atoms with Crippen LogP contribution in [0.3, 0.4) is 0 Å². The summed E-state index contributed by atoms with van der Waals surface area (Å²) in [6, 6.07) is 9.78. The van der Waals surface area contributed by atoms with Gasteiger partial charge >= 0.3 is 6.09 Å². The zero-order valence-electron chi connectivity index (χ0n) is 21.1. The first kappa shape index (κ1) is 27.1. The van der Waals surface area contributed by atoms with Crippen molar-refractivity contribution in [3.63, 3.8) is 0 Å². The van der Waals surface area contributed by atoms with Gasteiger partial charge in [0.2, 0.25) is 15.0 Å². The smallest absolute Gasteiger partial charge is 0.407 e. The number of benzene rings is 2. The van der Waals surface area contributed by atoms with Gasteiger partial charge in [0.15, 0.2) is 11.6 Å². The lowest BCUT2D eigenvalue weighted by Gasteiger charge is -2.40. The number of nitrogens with one attached hydrogen (secondary N) is 1. The van der Waals surface area contributed by atoms with E-state index < -0.39 is 45.3 Å². The molecule has 2 heterocycles. The first-order valence-corrected chi connectivity index (χ1v) is 14.4. The molecule has 0 saturated heterocycles. The van der Waals surface area contributed by atoms with Gasteiger partial charge in [-0.25, -0.2) is 36.4 Å². The molecule has 3 aromatic rings. The topological polar surface area (TPSA) is 101 Å². The van der Waals surface area contributed by atoms with Crippen LogP contribution in [0.5, 0.6) is 0 Å². The molecule has 0 spiro atoms. The number of sulfone groups is 1. The second kappa shape index (κ2) is 10.9. The average Bonchev–Trinajstić information content (AvgIpc) is 3.34. The highest BCUT2D eigenvalue weighted by molar-refractivity contribution is 7.90. The van der Waals surface area contributed by atoms with Gasteiger partial charge in [-0.15, -0.1) is 0 Å². The lowest BCUT2D eigenvalue weighted by Crippen LogP contribution is -2.48. The molecule has 12 heteroatoms. The second-order valence-electron chi connectivity index (χ2n) is 9.98. The van der Waals surface area contributed by atoms with Crippen LogP contribution in [0.1, 0.15) is 47.6 Å². The molecule has 1 aromatic heterocycles. The van der Waals surface area contributed by atoms with Crippen LogP contribution >= 0.6 is 0 Å². The SMILES string of the molecule is CS(=O)(=O)c1ncc2c(n1)CN(C1CC[C@H](c3cc(F)c(F)cc3F)C(NC(=O)OCc3ccccc3)C1)C2. The van der Waals surface area contributed by atoms with Crippen LogP contribution in [0, 0.1) is 17.5 Å². The molecule has 5 rings (SSSR count). The van der Waals surface area contributed by atoms with Gasteiger partial charge in [-0.3, -0.25) is 4.90 Å². The minimum absolute atomic E-state index is 0.00548. The molecule has 39 heavy (non-hydrogen) atoms. The van der Waals surface area contributed by atoms with Gasteiger partial charge in [-0.2, -0.15) is 0 Å².